The number of rotatable bonds is 3. The minimum atomic E-state index is -0.816. The Kier molecular flexibility index (Phi) is 4.21. The molecule has 4 heteroatoms. The van der Waals surface area contributed by atoms with Gasteiger partial charge in [0.05, 0.1) is 0 Å². The van der Waals surface area contributed by atoms with Crippen LogP contribution >= 0.6 is 11.3 Å². The van der Waals surface area contributed by atoms with Crippen LogP contribution in [0.5, 0.6) is 5.75 Å². The van der Waals surface area contributed by atoms with Crippen molar-refractivity contribution in [2.45, 2.75) is 13.0 Å². The van der Waals surface area contributed by atoms with E-state index in [4.69, 9.17) is 4.74 Å². The van der Waals surface area contributed by atoms with Gasteiger partial charge in [0, 0.05) is 20.9 Å². The summed E-state index contributed by atoms with van der Waals surface area (Å²) >= 11 is 1.57. The number of hydrogen-bond acceptors (Lipinski definition) is 2. The quantitative estimate of drug-likeness (QED) is 0.328. The largest absolute Gasteiger partial charge is 0.488 e. The third kappa shape index (κ3) is 2.90. The zero-order valence-corrected chi connectivity index (χ0v) is 15.7. The van der Waals surface area contributed by atoms with Crippen molar-refractivity contribution in [3.05, 3.63) is 100 Å². The van der Waals surface area contributed by atoms with Crippen molar-refractivity contribution in [2.24, 2.45) is 0 Å². The number of hydrogen-bond donors (Lipinski definition) is 0. The molecular formula is C24H16F2OS. The van der Waals surface area contributed by atoms with E-state index in [1.165, 1.54) is 6.07 Å². The van der Waals surface area contributed by atoms with E-state index in [0.717, 1.165) is 37.8 Å². The Morgan fingerprint density at radius 1 is 0.821 bits per heavy atom. The van der Waals surface area contributed by atoms with Crippen molar-refractivity contribution in [3.8, 4) is 27.3 Å². The molecule has 0 unspecified atom stereocenters. The average molecular weight is 390 g/mol. The molecule has 0 N–H and O–H groups in total. The number of ether oxygens (including phenoxy) is 1. The van der Waals surface area contributed by atoms with Gasteiger partial charge in [-0.3, -0.25) is 0 Å². The maximum Gasteiger partial charge on any atom is 0.166 e. The Hall–Kier alpha value is -2.98. The Morgan fingerprint density at radius 2 is 1.61 bits per heavy atom. The molecule has 0 aliphatic heterocycles. The van der Waals surface area contributed by atoms with Crippen molar-refractivity contribution in [3.63, 3.8) is 0 Å². The lowest BCUT2D eigenvalue weighted by Gasteiger charge is -2.09. The summed E-state index contributed by atoms with van der Waals surface area (Å²) in [5.74, 6) is -0.812. The Bertz CT molecular complexity index is 1160. The normalized spacial score (nSPS) is 11.9. The lowest BCUT2D eigenvalue weighted by molar-refractivity contribution is 0.310. The molecule has 1 aliphatic carbocycles. The van der Waals surface area contributed by atoms with Crippen LogP contribution in [0.1, 0.15) is 16.0 Å². The van der Waals surface area contributed by atoms with E-state index in [9.17, 15) is 8.78 Å². The highest BCUT2D eigenvalue weighted by Gasteiger charge is 2.26. The molecule has 0 atom stereocenters. The predicted octanol–water partition coefficient (Wildman–Crippen LogP) is 6.84. The van der Waals surface area contributed by atoms with Crippen molar-refractivity contribution < 1.29 is 13.5 Å². The van der Waals surface area contributed by atoms with Crippen molar-refractivity contribution in [1.29, 1.82) is 0 Å². The topological polar surface area (TPSA) is 9.23 Å². The molecule has 0 saturated heterocycles. The highest BCUT2D eigenvalue weighted by molar-refractivity contribution is 7.16. The van der Waals surface area contributed by atoms with Gasteiger partial charge in [-0.1, -0.05) is 48.5 Å². The standard InChI is InChI=1S/C24H16F2OS/c25-21-11-10-16-12-15-6-4-5-9-19(15)24-20(22(16)23(21)26)13-18(28-24)14-27-17-7-2-1-3-8-17/h1-11,13H,12,14H2. The molecule has 1 nitrogen and oxygen atoms in total. The fourth-order valence-corrected chi connectivity index (χ4v) is 4.84. The minimum absolute atomic E-state index is 0.369. The molecule has 0 fully saturated rings. The van der Waals surface area contributed by atoms with Crippen molar-refractivity contribution in [1.82, 2.24) is 0 Å². The fourth-order valence-electron chi connectivity index (χ4n) is 3.70. The Labute approximate surface area is 165 Å². The second-order valence-electron chi connectivity index (χ2n) is 6.79. The van der Waals surface area contributed by atoms with Crippen LogP contribution in [0.2, 0.25) is 0 Å². The molecule has 0 amide bonds. The highest BCUT2D eigenvalue weighted by atomic mass is 32.1. The van der Waals surface area contributed by atoms with Gasteiger partial charge in [-0.05, 0) is 47.4 Å². The van der Waals surface area contributed by atoms with Gasteiger partial charge in [-0.2, -0.15) is 0 Å². The minimum Gasteiger partial charge on any atom is -0.488 e. The second-order valence-corrected chi connectivity index (χ2v) is 7.92. The first-order chi connectivity index (χ1) is 13.7. The monoisotopic (exact) mass is 390 g/mol. The van der Waals surface area contributed by atoms with Crippen LogP contribution < -0.4 is 4.74 Å². The zero-order chi connectivity index (χ0) is 19.1. The fraction of sp³-hybridized carbons (Fsp3) is 0.0833. The van der Waals surface area contributed by atoms with Crippen LogP contribution in [-0.4, -0.2) is 0 Å². The third-order valence-corrected chi connectivity index (χ3v) is 6.14. The first kappa shape index (κ1) is 17.1. The smallest absolute Gasteiger partial charge is 0.166 e. The van der Waals surface area contributed by atoms with Gasteiger partial charge < -0.3 is 4.74 Å². The lowest BCUT2D eigenvalue weighted by Crippen LogP contribution is -1.96. The van der Waals surface area contributed by atoms with Gasteiger partial charge in [-0.25, -0.2) is 8.78 Å². The average Bonchev–Trinajstić information content (AvgIpc) is 3.09. The second kappa shape index (κ2) is 6.88. The lowest BCUT2D eigenvalue weighted by atomic mass is 9.98. The molecular weight excluding hydrogens is 374 g/mol. The van der Waals surface area contributed by atoms with Crippen LogP contribution in [0, 0.1) is 11.6 Å². The Balaban J connectivity index is 1.64. The molecule has 0 saturated carbocycles. The number of para-hydroxylation sites is 1. The van der Waals surface area contributed by atoms with E-state index >= 15 is 0 Å². The van der Waals surface area contributed by atoms with Crippen LogP contribution in [0.25, 0.3) is 21.6 Å². The van der Waals surface area contributed by atoms with E-state index in [0.29, 0.717) is 18.6 Å². The van der Waals surface area contributed by atoms with Crippen LogP contribution in [0.4, 0.5) is 8.78 Å². The molecule has 0 radical (unpaired) electrons. The van der Waals surface area contributed by atoms with E-state index in [1.807, 2.05) is 54.6 Å². The maximum absolute atomic E-state index is 14.8. The van der Waals surface area contributed by atoms with Crippen molar-refractivity contribution >= 4 is 11.3 Å². The summed E-state index contributed by atoms with van der Waals surface area (Å²) in [6, 6.07) is 22.5. The molecule has 0 bridgehead atoms. The number of benzene rings is 3. The molecule has 5 rings (SSSR count). The summed E-state index contributed by atoms with van der Waals surface area (Å²) < 4.78 is 34.7. The summed E-state index contributed by atoms with van der Waals surface area (Å²) in [5, 5.41) is 0. The third-order valence-electron chi connectivity index (χ3n) is 5.00. The Morgan fingerprint density at radius 3 is 2.46 bits per heavy atom. The van der Waals surface area contributed by atoms with Gasteiger partial charge in [0.25, 0.3) is 0 Å². The highest BCUT2D eigenvalue weighted by Crippen LogP contribution is 2.46. The molecule has 1 heterocycles. The SMILES string of the molecule is Fc1ccc2c(c1F)-c1cc(COc3ccccc3)sc1-c1ccccc1C2. The van der Waals surface area contributed by atoms with E-state index in [-0.39, 0.29) is 0 Å². The first-order valence-corrected chi connectivity index (χ1v) is 9.88. The molecule has 1 aliphatic rings. The predicted molar refractivity (Wildman–Crippen MR) is 109 cm³/mol. The molecule has 4 aromatic rings. The van der Waals surface area contributed by atoms with Crippen LogP contribution in [0.15, 0.2) is 72.8 Å². The summed E-state index contributed by atoms with van der Waals surface area (Å²) in [6.45, 7) is 0.385. The van der Waals surface area contributed by atoms with E-state index in [1.54, 1.807) is 17.4 Å². The number of thiophene rings is 1. The number of halogens is 2. The molecule has 0 spiro atoms. The summed E-state index contributed by atoms with van der Waals surface area (Å²) in [4.78, 5) is 1.94. The molecule has 28 heavy (non-hydrogen) atoms. The van der Waals surface area contributed by atoms with Crippen LogP contribution in [-0.2, 0) is 13.0 Å². The van der Waals surface area contributed by atoms with Crippen LogP contribution in [0.3, 0.4) is 0 Å². The van der Waals surface area contributed by atoms with Gasteiger partial charge in [0.1, 0.15) is 12.4 Å². The maximum atomic E-state index is 14.8. The van der Waals surface area contributed by atoms with Gasteiger partial charge in [0.15, 0.2) is 11.6 Å². The van der Waals surface area contributed by atoms with Gasteiger partial charge in [0.2, 0.25) is 0 Å². The van der Waals surface area contributed by atoms with Crippen molar-refractivity contribution in [2.75, 3.05) is 0 Å². The summed E-state index contributed by atoms with van der Waals surface area (Å²) in [5.41, 5.74) is 4.11. The summed E-state index contributed by atoms with van der Waals surface area (Å²) in [7, 11) is 0. The zero-order valence-electron chi connectivity index (χ0n) is 14.9. The summed E-state index contributed by atoms with van der Waals surface area (Å²) in [6.07, 6.45) is 0.583. The molecule has 138 valence electrons. The first-order valence-electron chi connectivity index (χ1n) is 9.07. The van der Waals surface area contributed by atoms with E-state index in [2.05, 4.69) is 6.07 Å². The number of fused-ring (bicyclic) bond motifs is 5. The van der Waals surface area contributed by atoms with Gasteiger partial charge in [-0.15, -0.1) is 11.3 Å². The van der Waals surface area contributed by atoms with Gasteiger partial charge >= 0.3 is 0 Å². The molecule has 1 aromatic heterocycles. The van der Waals surface area contributed by atoms with E-state index < -0.39 is 11.6 Å². The molecule has 3 aromatic carbocycles.